The van der Waals surface area contributed by atoms with Crippen LogP contribution in [0.15, 0.2) is 35.2 Å². The minimum absolute atomic E-state index is 0.0340. The zero-order valence-electron chi connectivity index (χ0n) is 14.7. The van der Waals surface area contributed by atoms with Crippen molar-refractivity contribution in [1.29, 1.82) is 0 Å². The first kappa shape index (κ1) is 20.7. The van der Waals surface area contributed by atoms with E-state index >= 15 is 0 Å². The van der Waals surface area contributed by atoms with Crippen LogP contribution in [0.25, 0.3) is 0 Å². The molecule has 1 aliphatic heterocycles. The number of ether oxygens (including phenoxy) is 1. The second kappa shape index (κ2) is 9.94. The Morgan fingerprint density at radius 1 is 1.23 bits per heavy atom. The van der Waals surface area contributed by atoms with Gasteiger partial charge >= 0.3 is 5.97 Å². The smallest absolute Gasteiger partial charge is 0.315 e. The summed E-state index contributed by atoms with van der Waals surface area (Å²) in [6.07, 6.45) is 1.54. The molecule has 1 aliphatic rings. The number of nitrogens with one attached hydrogen (secondary N) is 1. The predicted octanol–water partition coefficient (Wildman–Crippen LogP) is 1.25. The van der Waals surface area contributed by atoms with E-state index < -0.39 is 10.0 Å². The molecule has 0 aromatic heterocycles. The fraction of sp³-hybridized carbons (Fsp3) is 0.529. The average molecular weight is 401 g/mol. The highest BCUT2D eigenvalue weighted by Gasteiger charge is 2.26. The summed E-state index contributed by atoms with van der Waals surface area (Å²) in [5, 5.41) is 0. The maximum Gasteiger partial charge on any atom is 0.315 e. The minimum atomic E-state index is -3.53. The van der Waals surface area contributed by atoms with Crippen LogP contribution in [0, 0.1) is 0 Å². The number of carbonyl (C=O) groups is 2. The summed E-state index contributed by atoms with van der Waals surface area (Å²) in [5.41, 5.74) is 0. The second-order valence-corrected chi connectivity index (χ2v) is 8.79. The molecule has 1 aromatic rings. The van der Waals surface area contributed by atoms with Gasteiger partial charge in [-0.25, -0.2) is 13.1 Å². The lowest BCUT2D eigenvalue weighted by Gasteiger charge is -2.32. The van der Waals surface area contributed by atoms with Crippen molar-refractivity contribution in [2.75, 3.05) is 31.7 Å². The highest BCUT2D eigenvalue weighted by atomic mass is 32.2. The number of benzene rings is 1. The third-order valence-electron chi connectivity index (χ3n) is 4.13. The first-order chi connectivity index (χ1) is 12.4. The van der Waals surface area contributed by atoms with Crippen molar-refractivity contribution < 1.29 is 22.7 Å². The molecule has 0 bridgehead atoms. The zero-order chi connectivity index (χ0) is 19.0. The molecule has 26 heavy (non-hydrogen) atoms. The number of esters is 1. The van der Waals surface area contributed by atoms with Crippen LogP contribution in [0.4, 0.5) is 0 Å². The predicted molar refractivity (Wildman–Crippen MR) is 100 cm³/mol. The number of likely N-dealkylation sites (tertiary alicyclic amines) is 1. The third kappa shape index (κ3) is 6.30. The Labute approximate surface area is 158 Å². The fourth-order valence-corrected chi connectivity index (χ4v) is 4.74. The van der Waals surface area contributed by atoms with Gasteiger partial charge in [-0.15, -0.1) is 11.8 Å². The highest BCUT2D eigenvalue weighted by Crippen LogP contribution is 2.16. The average Bonchev–Trinajstić information content (AvgIpc) is 2.65. The van der Waals surface area contributed by atoms with Gasteiger partial charge in [0.15, 0.2) is 0 Å². The highest BCUT2D eigenvalue weighted by molar-refractivity contribution is 7.99. The van der Waals surface area contributed by atoms with Crippen LogP contribution < -0.4 is 4.72 Å². The number of carbonyl (C=O) groups excluding carboxylic acids is 2. The summed E-state index contributed by atoms with van der Waals surface area (Å²) in [4.78, 5) is 25.2. The summed E-state index contributed by atoms with van der Waals surface area (Å²) >= 11 is 1.37. The monoisotopic (exact) mass is 400 g/mol. The molecular formula is C17H24N2O5S2. The van der Waals surface area contributed by atoms with E-state index in [4.69, 9.17) is 0 Å². The van der Waals surface area contributed by atoms with E-state index in [2.05, 4.69) is 9.46 Å². The van der Waals surface area contributed by atoms with Crippen molar-refractivity contribution in [3.63, 3.8) is 0 Å². The first-order valence-corrected chi connectivity index (χ1v) is 11.1. The molecule has 144 valence electrons. The van der Waals surface area contributed by atoms with Gasteiger partial charge in [0, 0.05) is 31.3 Å². The van der Waals surface area contributed by atoms with E-state index in [9.17, 15) is 18.0 Å². The number of methoxy groups -OCH3 is 1. The van der Waals surface area contributed by atoms with Crippen LogP contribution in [0.3, 0.4) is 0 Å². The number of amides is 1. The summed E-state index contributed by atoms with van der Waals surface area (Å²) in [5.74, 6) is 0.544. The van der Waals surface area contributed by atoms with Crippen molar-refractivity contribution >= 4 is 33.7 Å². The van der Waals surface area contributed by atoms with E-state index in [-0.39, 0.29) is 28.6 Å². The Kier molecular flexibility index (Phi) is 7.92. The van der Waals surface area contributed by atoms with Crippen molar-refractivity contribution in [3.8, 4) is 0 Å². The molecule has 1 amide bonds. The number of hydrogen-bond acceptors (Lipinski definition) is 6. The van der Waals surface area contributed by atoms with Gasteiger partial charge < -0.3 is 9.64 Å². The minimum Gasteiger partial charge on any atom is -0.468 e. The van der Waals surface area contributed by atoms with Crippen LogP contribution in [-0.4, -0.2) is 62.9 Å². The molecule has 0 spiro atoms. The van der Waals surface area contributed by atoms with Gasteiger partial charge in [0.05, 0.1) is 17.8 Å². The van der Waals surface area contributed by atoms with Gasteiger partial charge in [-0.3, -0.25) is 9.59 Å². The normalized spacial score (nSPS) is 15.7. The number of piperidine rings is 1. The van der Waals surface area contributed by atoms with Crippen molar-refractivity contribution in [2.45, 2.75) is 30.2 Å². The van der Waals surface area contributed by atoms with Gasteiger partial charge in [0.25, 0.3) is 0 Å². The maximum absolute atomic E-state index is 12.3. The number of nitrogens with zero attached hydrogens (tertiary/aromatic N) is 1. The van der Waals surface area contributed by atoms with Crippen molar-refractivity contribution in [2.24, 2.45) is 0 Å². The molecule has 1 saturated heterocycles. The molecule has 0 saturated carbocycles. The van der Waals surface area contributed by atoms with Gasteiger partial charge in [-0.05, 0) is 25.0 Å². The summed E-state index contributed by atoms with van der Waals surface area (Å²) in [6.45, 7) is 1.06. The van der Waals surface area contributed by atoms with Crippen molar-refractivity contribution in [1.82, 2.24) is 9.62 Å². The molecule has 0 atom stereocenters. The molecule has 1 heterocycles. The lowest BCUT2D eigenvalue weighted by atomic mass is 10.1. The van der Waals surface area contributed by atoms with Gasteiger partial charge in [-0.2, -0.15) is 0 Å². The SMILES string of the molecule is COC(=O)CSCCC(=O)N1CCC(NS(=O)(=O)c2ccccc2)CC1. The van der Waals surface area contributed by atoms with E-state index in [1.807, 2.05) is 0 Å². The molecule has 0 unspecified atom stereocenters. The number of thioether (sulfide) groups is 1. The fourth-order valence-electron chi connectivity index (χ4n) is 2.67. The number of sulfonamides is 1. The van der Waals surface area contributed by atoms with E-state index in [0.717, 1.165) is 0 Å². The lowest BCUT2D eigenvalue weighted by Crippen LogP contribution is -2.46. The maximum atomic E-state index is 12.3. The Morgan fingerprint density at radius 2 is 1.88 bits per heavy atom. The third-order valence-corrected chi connectivity index (χ3v) is 6.60. The molecule has 0 aliphatic carbocycles. The number of rotatable bonds is 8. The summed E-state index contributed by atoms with van der Waals surface area (Å²) in [6, 6.07) is 8.10. The topological polar surface area (TPSA) is 92.8 Å². The molecule has 1 fully saturated rings. The van der Waals surface area contributed by atoms with Crippen LogP contribution >= 0.6 is 11.8 Å². The zero-order valence-corrected chi connectivity index (χ0v) is 16.4. The Balaban J connectivity index is 1.73. The number of hydrogen-bond donors (Lipinski definition) is 1. The Hall–Kier alpha value is -1.58. The molecule has 1 N–H and O–H groups in total. The van der Waals surface area contributed by atoms with Gasteiger partial charge in [0.2, 0.25) is 15.9 Å². The van der Waals surface area contributed by atoms with E-state index in [1.165, 1.54) is 18.9 Å². The standard InChI is InChI=1S/C17H24N2O5S2/c1-24-17(21)13-25-12-9-16(20)19-10-7-14(8-11-19)18-26(22,23)15-5-3-2-4-6-15/h2-6,14,18H,7-13H2,1H3. The van der Waals surface area contributed by atoms with Crippen LogP contribution in [0.2, 0.25) is 0 Å². The van der Waals surface area contributed by atoms with Gasteiger partial charge in [-0.1, -0.05) is 18.2 Å². The second-order valence-electron chi connectivity index (χ2n) is 5.97. The Morgan fingerprint density at radius 3 is 2.50 bits per heavy atom. The summed E-state index contributed by atoms with van der Waals surface area (Å²) in [7, 11) is -2.19. The quantitative estimate of drug-likeness (QED) is 0.522. The van der Waals surface area contributed by atoms with E-state index in [0.29, 0.717) is 38.1 Å². The molecule has 7 nitrogen and oxygen atoms in total. The molecular weight excluding hydrogens is 376 g/mol. The van der Waals surface area contributed by atoms with E-state index in [1.54, 1.807) is 35.2 Å². The summed E-state index contributed by atoms with van der Waals surface area (Å²) < 4.78 is 31.9. The molecule has 0 radical (unpaired) electrons. The molecule has 1 aromatic carbocycles. The van der Waals surface area contributed by atoms with Gasteiger partial charge in [0.1, 0.15) is 0 Å². The largest absolute Gasteiger partial charge is 0.468 e. The first-order valence-electron chi connectivity index (χ1n) is 8.42. The lowest BCUT2D eigenvalue weighted by molar-refractivity contribution is -0.137. The van der Waals surface area contributed by atoms with Crippen molar-refractivity contribution in [3.05, 3.63) is 30.3 Å². The van der Waals surface area contributed by atoms with Crippen LogP contribution in [-0.2, 0) is 24.3 Å². The molecule has 2 rings (SSSR count). The van der Waals surface area contributed by atoms with Crippen LogP contribution in [0.5, 0.6) is 0 Å². The molecule has 9 heteroatoms. The Bertz CT molecular complexity index is 701. The van der Waals surface area contributed by atoms with Crippen LogP contribution in [0.1, 0.15) is 19.3 Å².